The number of nitrogens with zero attached hydrogens (tertiary/aromatic N) is 3. The monoisotopic (exact) mass is 417 g/mol. The number of fused-ring (bicyclic) bond motifs is 1. The van der Waals surface area contributed by atoms with E-state index in [2.05, 4.69) is 4.98 Å². The van der Waals surface area contributed by atoms with Gasteiger partial charge < -0.3 is 4.90 Å². The molecule has 0 radical (unpaired) electrons. The first-order valence-corrected chi connectivity index (χ1v) is 11.4. The van der Waals surface area contributed by atoms with Crippen LogP contribution in [0.15, 0.2) is 53.4 Å². The first-order valence-electron chi connectivity index (χ1n) is 8.97. The van der Waals surface area contributed by atoms with Crippen LogP contribution in [-0.2, 0) is 9.84 Å². The fourth-order valence-electron chi connectivity index (χ4n) is 2.70. The fraction of sp³-hybridized carbons (Fsp3) is 0.300. The number of hydrogen-bond acceptors (Lipinski definition) is 6. The minimum absolute atomic E-state index is 0.00709. The Morgan fingerprint density at radius 3 is 2.50 bits per heavy atom. The number of amides is 1. The molecule has 0 bridgehead atoms. The van der Waals surface area contributed by atoms with Crippen LogP contribution in [-0.4, -0.2) is 57.1 Å². The van der Waals surface area contributed by atoms with Gasteiger partial charge in [-0.2, -0.15) is 0 Å². The highest BCUT2D eigenvalue weighted by Crippen LogP contribution is 2.29. The molecular formula is C20H23N3O3S2. The van der Waals surface area contributed by atoms with E-state index in [1.54, 1.807) is 24.0 Å². The normalized spacial score (nSPS) is 11.9. The average molecular weight is 418 g/mol. The number of anilines is 1. The van der Waals surface area contributed by atoms with Crippen LogP contribution in [0.5, 0.6) is 0 Å². The first-order chi connectivity index (χ1) is 13.3. The number of para-hydroxylation sites is 1. The van der Waals surface area contributed by atoms with Crippen molar-refractivity contribution in [1.29, 1.82) is 0 Å². The largest absolute Gasteiger partial charge is 0.308 e. The predicted octanol–water partition coefficient (Wildman–Crippen LogP) is 3.30. The number of aromatic nitrogens is 1. The van der Waals surface area contributed by atoms with E-state index in [4.69, 9.17) is 0 Å². The maximum absolute atomic E-state index is 13.3. The van der Waals surface area contributed by atoms with Crippen molar-refractivity contribution in [1.82, 2.24) is 9.88 Å². The third kappa shape index (κ3) is 4.40. The molecule has 1 heterocycles. The Hall–Kier alpha value is -2.29. The molecule has 1 aromatic heterocycles. The minimum atomic E-state index is -3.38. The lowest BCUT2D eigenvalue weighted by Crippen LogP contribution is -2.36. The second kappa shape index (κ2) is 8.38. The number of carbonyl (C=O) groups is 1. The SMILES string of the molecule is CCS(=O)(=O)c1cccc(C(=O)N(CCN(C)C)c2nc3ccccc3s2)c1. The van der Waals surface area contributed by atoms with E-state index >= 15 is 0 Å². The lowest BCUT2D eigenvalue weighted by atomic mass is 10.2. The third-order valence-corrected chi connectivity index (χ3v) is 7.14. The molecule has 0 atom stereocenters. The molecule has 0 aliphatic rings. The number of thiazole rings is 1. The van der Waals surface area contributed by atoms with Crippen molar-refractivity contribution in [3.05, 3.63) is 54.1 Å². The molecule has 0 saturated heterocycles. The van der Waals surface area contributed by atoms with Crippen molar-refractivity contribution >= 4 is 42.4 Å². The number of carbonyl (C=O) groups excluding carboxylic acids is 1. The summed E-state index contributed by atoms with van der Waals surface area (Å²) in [4.78, 5) is 21.7. The Kier molecular flexibility index (Phi) is 6.12. The van der Waals surface area contributed by atoms with Crippen molar-refractivity contribution in [2.45, 2.75) is 11.8 Å². The molecule has 2 aromatic carbocycles. The molecule has 148 valence electrons. The van der Waals surface area contributed by atoms with Crippen LogP contribution in [0, 0.1) is 0 Å². The van der Waals surface area contributed by atoms with Crippen molar-refractivity contribution in [2.24, 2.45) is 0 Å². The van der Waals surface area contributed by atoms with Gasteiger partial charge in [-0.1, -0.05) is 36.5 Å². The van der Waals surface area contributed by atoms with Gasteiger partial charge in [0.25, 0.3) is 5.91 Å². The van der Waals surface area contributed by atoms with Gasteiger partial charge in [0.1, 0.15) is 0 Å². The zero-order valence-electron chi connectivity index (χ0n) is 16.1. The molecule has 6 nitrogen and oxygen atoms in total. The molecule has 3 aromatic rings. The van der Waals surface area contributed by atoms with Crippen LogP contribution in [0.2, 0.25) is 0 Å². The molecule has 0 spiro atoms. The Labute approximate surface area is 169 Å². The highest BCUT2D eigenvalue weighted by atomic mass is 32.2. The standard InChI is InChI=1S/C20H23N3O3S2/c1-4-28(25,26)16-9-7-8-15(14-16)19(24)23(13-12-22(2)3)20-21-17-10-5-6-11-18(17)27-20/h5-11,14H,4,12-13H2,1-3H3. The maximum Gasteiger partial charge on any atom is 0.260 e. The summed E-state index contributed by atoms with van der Waals surface area (Å²) in [6, 6.07) is 14.0. The van der Waals surface area contributed by atoms with Crippen LogP contribution >= 0.6 is 11.3 Å². The lowest BCUT2D eigenvalue weighted by Gasteiger charge is -2.22. The highest BCUT2D eigenvalue weighted by molar-refractivity contribution is 7.91. The number of sulfone groups is 1. The lowest BCUT2D eigenvalue weighted by molar-refractivity contribution is 0.0985. The summed E-state index contributed by atoms with van der Waals surface area (Å²) in [6.45, 7) is 2.71. The predicted molar refractivity (Wildman–Crippen MR) is 114 cm³/mol. The molecular weight excluding hydrogens is 394 g/mol. The molecule has 0 saturated carbocycles. The quantitative estimate of drug-likeness (QED) is 0.590. The highest BCUT2D eigenvalue weighted by Gasteiger charge is 2.23. The third-order valence-electron chi connectivity index (χ3n) is 4.35. The summed E-state index contributed by atoms with van der Waals surface area (Å²) in [7, 11) is 0.497. The number of hydrogen-bond donors (Lipinski definition) is 0. The van der Waals surface area contributed by atoms with Crippen molar-refractivity contribution in [3.8, 4) is 0 Å². The van der Waals surface area contributed by atoms with Gasteiger partial charge in [-0.05, 0) is 44.4 Å². The summed E-state index contributed by atoms with van der Waals surface area (Å²) in [5.41, 5.74) is 1.18. The molecule has 0 N–H and O–H groups in total. The van der Waals surface area contributed by atoms with E-state index < -0.39 is 9.84 Å². The van der Waals surface area contributed by atoms with Gasteiger partial charge in [0.2, 0.25) is 0 Å². The van der Waals surface area contributed by atoms with Gasteiger partial charge in [0, 0.05) is 18.7 Å². The van der Waals surface area contributed by atoms with Gasteiger partial charge in [-0.25, -0.2) is 13.4 Å². The van der Waals surface area contributed by atoms with Crippen molar-refractivity contribution < 1.29 is 13.2 Å². The fourth-order valence-corrected chi connectivity index (χ4v) is 4.62. The molecule has 8 heteroatoms. The van der Waals surface area contributed by atoms with Gasteiger partial charge in [0.05, 0.1) is 20.9 Å². The zero-order chi connectivity index (χ0) is 20.3. The number of rotatable bonds is 7. The summed E-state index contributed by atoms with van der Waals surface area (Å²) in [5.74, 6) is -0.263. The Morgan fingerprint density at radius 2 is 1.82 bits per heavy atom. The van der Waals surface area contributed by atoms with Crippen LogP contribution in [0.25, 0.3) is 10.2 Å². The Balaban J connectivity index is 2.00. The van der Waals surface area contributed by atoms with Crippen LogP contribution in [0.3, 0.4) is 0 Å². The van der Waals surface area contributed by atoms with Gasteiger partial charge >= 0.3 is 0 Å². The Morgan fingerprint density at radius 1 is 1.07 bits per heavy atom. The molecule has 0 aliphatic carbocycles. The van der Waals surface area contributed by atoms with Gasteiger partial charge in [-0.3, -0.25) is 9.69 Å². The van der Waals surface area contributed by atoms with E-state index in [0.29, 0.717) is 23.8 Å². The minimum Gasteiger partial charge on any atom is -0.308 e. The molecule has 0 aliphatic heterocycles. The first kappa shape index (κ1) is 20.4. The molecule has 0 fully saturated rings. The van der Waals surface area contributed by atoms with Crippen LogP contribution < -0.4 is 4.90 Å². The van der Waals surface area contributed by atoms with Gasteiger partial charge in [-0.15, -0.1) is 0 Å². The summed E-state index contributed by atoms with van der Waals surface area (Å²) in [5, 5.41) is 0.608. The zero-order valence-corrected chi connectivity index (χ0v) is 17.8. The van der Waals surface area contributed by atoms with Crippen LogP contribution in [0.4, 0.5) is 5.13 Å². The van der Waals surface area contributed by atoms with E-state index in [1.807, 2.05) is 43.3 Å². The van der Waals surface area contributed by atoms with Crippen LogP contribution in [0.1, 0.15) is 17.3 Å². The summed E-state index contributed by atoms with van der Waals surface area (Å²) in [6.07, 6.45) is 0. The second-order valence-corrected chi connectivity index (χ2v) is 9.94. The topological polar surface area (TPSA) is 70.6 Å². The molecule has 3 rings (SSSR count). The van der Waals surface area contributed by atoms with E-state index in [0.717, 1.165) is 10.2 Å². The van der Waals surface area contributed by atoms with E-state index in [1.165, 1.54) is 23.5 Å². The molecule has 28 heavy (non-hydrogen) atoms. The number of likely N-dealkylation sites (N-methyl/N-ethyl adjacent to an activating group) is 1. The summed E-state index contributed by atoms with van der Waals surface area (Å²) >= 11 is 1.45. The molecule has 0 unspecified atom stereocenters. The Bertz CT molecular complexity index is 1060. The van der Waals surface area contributed by atoms with Crippen molar-refractivity contribution in [3.63, 3.8) is 0 Å². The van der Waals surface area contributed by atoms with E-state index in [-0.39, 0.29) is 16.6 Å². The number of benzene rings is 2. The average Bonchev–Trinajstić information content (AvgIpc) is 3.11. The second-order valence-electron chi connectivity index (χ2n) is 6.66. The smallest absolute Gasteiger partial charge is 0.260 e. The maximum atomic E-state index is 13.3. The van der Waals surface area contributed by atoms with Gasteiger partial charge in [0.15, 0.2) is 15.0 Å². The summed E-state index contributed by atoms with van der Waals surface area (Å²) < 4.78 is 25.4. The van der Waals surface area contributed by atoms with E-state index in [9.17, 15) is 13.2 Å². The van der Waals surface area contributed by atoms with Crippen molar-refractivity contribution in [2.75, 3.05) is 37.8 Å². The molecule has 1 amide bonds.